The van der Waals surface area contributed by atoms with Crippen LogP contribution in [-0.2, 0) is 4.79 Å². The Labute approximate surface area is 202 Å². The van der Waals surface area contributed by atoms with Crippen molar-refractivity contribution >= 4 is 69.5 Å². The summed E-state index contributed by atoms with van der Waals surface area (Å²) in [5.41, 5.74) is 6.32. The molecule has 148 valence electrons. The van der Waals surface area contributed by atoms with Crippen LogP contribution < -0.4 is 51.0 Å². The number of hydrogen-bond donors (Lipinski definition) is 4. The molecule has 0 bridgehead atoms. The van der Waals surface area contributed by atoms with Gasteiger partial charge in [-0.25, -0.2) is 4.79 Å². The average molecular weight is 455 g/mol. The second-order valence-corrected chi connectivity index (χ2v) is 6.74. The number of nitrogens with one attached hydrogen (secondary N) is 3. The number of carboxylic acids is 1. The summed E-state index contributed by atoms with van der Waals surface area (Å²) < 4.78 is 0. The molecule has 0 saturated carbocycles. The standard InChI is InChI=1S/C19H14Cl2N4O4.Na/c20-9-7-13(21)16-12(17(18(27)28)25-14(16)8-9)5-6-15(26)23-10-1-3-11(4-2-10)24-19(22)29;/h1-8,25H,(H,23,26)(H,27,28)(H3,22,24,29);/q;+1/p-1/b6-5+;. The number of urea groups is 1. The smallest absolute Gasteiger partial charge is 0.543 e. The largest absolute Gasteiger partial charge is 1.00 e. The fraction of sp³-hybridized carbons (Fsp3) is 0. The van der Waals surface area contributed by atoms with Crippen LogP contribution in [0.1, 0.15) is 16.1 Å². The monoisotopic (exact) mass is 454 g/mol. The normalized spacial score (nSPS) is 10.6. The number of aromatic amines is 1. The number of aromatic nitrogens is 1. The molecule has 0 radical (unpaired) electrons. The van der Waals surface area contributed by atoms with Gasteiger partial charge in [-0.05, 0) is 42.5 Å². The zero-order valence-electron chi connectivity index (χ0n) is 15.6. The van der Waals surface area contributed by atoms with Gasteiger partial charge in [0, 0.05) is 38.9 Å². The summed E-state index contributed by atoms with van der Waals surface area (Å²) in [5, 5.41) is 17.4. The van der Waals surface area contributed by atoms with Gasteiger partial charge < -0.3 is 31.3 Å². The Morgan fingerprint density at radius 3 is 2.20 bits per heavy atom. The Bertz CT molecular complexity index is 1160. The summed E-state index contributed by atoms with van der Waals surface area (Å²) in [5.74, 6) is -1.96. The average Bonchev–Trinajstić information content (AvgIpc) is 3.00. The van der Waals surface area contributed by atoms with Crippen molar-refractivity contribution < 1.29 is 49.0 Å². The number of carboxylic acid groups (broad SMARTS) is 1. The number of fused-ring (bicyclic) bond motifs is 1. The number of H-pyrrole nitrogens is 1. The number of anilines is 2. The van der Waals surface area contributed by atoms with Crippen LogP contribution in [0.25, 0.3) is 17.0 Å². The van der Waals surface area contributed by atoms with Crippen LogP contribution in [0.3, 0.4) is 0 Å². The molecule has 0 aliphatic carbocycles. The molecule has 30 heavy (non-hydrogen) atoms. The van der Waals surface area contributed by atoms with Gasteiger partial charge in [0.1, 0.15) is 0 Å². The van der Waals surface area contributed by atoms with E-state index in [1.165, 1.54) is 18.2 Å². The van der Waals surface area contributed by atoms with Gasteiger partial charge in [-0.15, -0.1) is 0 Å². The van der Waals surface area contributed by atoms with Crippen LogP contribution in [-0.4, -0.2) is 22.9 Å². The first-order valence-corrected chi connectivity index (χ1v) is 8.88. The van der Waals surface area contributed by atoms with Gasteiger partial charge in [0.25, 0.3) is 0 Å². The SMILES string of the molecule is NC(=O)Nc1ccc(NC(=O)/C=C/c2c(C(=O)[O-])[nH]c3cc(Cl)cc(Cl)c23)cc1.[Na+]. The summed E-state index contributed by atoms with van der Waals surface area (Å²) in [7, 11) is 0. The molecule has 11 heteroatoms. The molecule has 5 N–H and O–H groups in total. The van der Waals surface area contributed by atoms with Crippen molar-refractivity contribution in [1.29, 1.82) is 0 Å². The Balaban J connectivity index is 0.00000320. The first-order chi connectivity index (χ1) is 13.7. The van der Waals surface area contributed by atoms with E-state index in [1.54, 1.807) is 24.3 Å². The van der Waals surface area contributed by atoms with E-state index in [4.69, 9.17) is 28.9 Å². The van der Waals surface area contributed by atoms with Gasteiger partial charge >= 0.3 is 35.6 Å². The second-order valence-electron chi connectivity index (χ2n) is 5.90. The molecular formula is C19H13Cl2N4NaO4. The van der Waals surface area contributed by atoms with Gasteiger partial charge in [-0.1, -0.05) is 23.2 Å². The molecule has 0 aliphatic heterocycles. The van der Waals surface area contributed by atoms with Crippen molar-refractivity contribution in [2.24, 2.45) is 5.73 Å². The minimum absolute atomic E-state index is 0. The first kappa shape index (κ1) is 23.8. The van der Waals surface area contributed by atoms with E-state index in [-0.39, 0.29) is 45.8 Å². The first-order valence-electron chi connectivity index (χ1n) is 8.12. The van der Waals surface area contributed by atoms with Crippen LogP contribution >= 0.6 is 23.2 Å². The van der Waals surface area contributed by atoms with Gasteiger partial charge in [0.05, 0.1) is 16.7 Å². The third-order valence-electron chi connectivity index (χ3n) is 3.88. The maximum absolute atomic E-state index is 12.2. The number of benzene rings is 2. The van der Waals surface area contributed by atoms with E-state index in [0.29, 0.717) is 27.3 Å². The topological polar surface area (TPSA) is 140 Å². The van der Waals surface area contributed by atoms with Gasteiger partial charge in [-0.2, -0.15) is 0 Å². The summed E-state index contributed by atoms with van der Waals surface area (Å²) in [6.45, 7) is 0. The molecule has 2 aromatic carbocycles. The van der Waals surface area contributed by atoms with Crippen molar-refractivity contribution in [3.63, 3.8) is 0 Å². The summed E-state index contributed by atoms with van der Waals surface area (Å²) in [6.07, 6.45) is 2.48. The van der Waals surface area contributed by atoms with E-state index in [2.05, 4.69) is 15.6 Å². The Morgan fingerprint density at radius 1 is 1.03 bits per heavy atom. The van der Waals surface area contributed by atoms with E-state index in [0.717, 1.165) is 6.08 Å². The number of amides is 3. The number of halogens is 2. The summed E-state index contributed by atoms with van der Waals surface area (Å²) >= 11 is 12.1. The van der Waals surface area contributed by atoms with Gasteiger partial charge in [0.2, 0.25) is 5.91 Å². The van der Waals surface area contributed by atoms with Crippen LogP contribution in [0.15, 0.2) is 42.5 Å². The van der Waals surface area contributed by atoms with Crippen molar-refractivity contribution in [3.8, 4) is 0 Å². The zero-order valence-corrected chi connectivity index (χ0v) is 19.1. The number of nitrogens with two attached hydrogens (primary N) is 1. The summed E-state index contributed by atoms with van der Waals surface area (Å²) in [6, 6.07) is 8.53. The van der Waals surface area contributed by atoms with Crippen LogP contribution in [0.4, 0.5) is 16.2 Å². The molecule has 0 atom stereocenters. The minimum atomic E-state index is -1.45. The molecule has 0 spiro atoms. The maximum Gasteiger partial charge on any atom is 1.00 e. The molecular weight excluding hydrogens is 442 g/mol. The number of carbonyl (C=O) groups is 3. The number of primary amides is 1. The number of carbonyl (C=O) groups excluding carboxylic acids is 3. The molecule has 0 fully saturated rings. The zero-order chi connectivity index (χ0) is 21.1. The number of aromatic carboxylic acids is 1. The third kappa shape index (κ3) is 5.56. The van der Waals surface area contributed by atoms with Crippen molar-refractivity contribution in [1.82, 2.24) is 4.98 Å². The molecule has 0 unspecified atom stereocenters. The predicted octanol–water partition coefficient (Wildman–Crippen LogP) is -0.0153. The molecule has 1 heterocycles. The van der Waals surface area contributed by atoms with Crippen LogP contribution in [0.5, 0.6) is 0 Å². The van der Waals surface area contributed by atoms with Crippen molar-refractivity contribution in [2.45, 2.75) is 0 Å². The quantitative estimate of drug-likeness (QED) is 0.317. The van der Waals surface area contributed by atoms with E-state index < -0.39 is 17.9 Å². The molecule has 3 rings (SSSR count). The molecule has 3 aromatic rings. The van der Waals surface area contributed by atoms with E-state index in [9.17, 15) is 19.5 Å². The predicted molar refractivity (Wildman–Crippen MR) is 110 cm³/mol. The summed E-state index contributed by atoms with van der Waals surface area (Å²) in [4.78, 5) is 37.1. The van der Waals surface area contributed by atoms with E-state index >= 15 is 0 Å². The third-order valence-corrected chi connectivity index (χ3v) is 4.40. The van der Waals surface area contributed by atoms with Crippen LogP contribution in [0, 0.1) is 0 Å². The molecule has 0 saturated heterocycles. The maximum atomic E-state index is 12.2. The number of rotatable bonds is 5. The minimum Gasteiger partial charge on any atom is -0.543 e. The Morgan fingerprint density at radius 2 is 1.63 bits per heavy atom. The van der Waals surface area contributed by atoms with Crippen molar-refractivity contribution in [2.75, 3.05) is 10.6 Å². The Kier molecular flexibility index (Phi) is 7.94. The van der Waals surface area contributed by atoms with Gasteiger partial charge in [-0.3, -0.25) is 4.79 Å². The molecule has 1 aromatic heterocycles. The molecule has 3 amide bonds. The van der Waals surface area contributed by atoms with E-state index in [1.807, 2.05) is 0 Å². The number of hydrogen-bond acceptors (Lipinski definition) is 4. The Hall–Kier alpha value is -2.49. The van der Waals surface area contributed by atoms with Crippen molar-refractivity contribution in [3.05, 3.63) is 63.8 Å². The van der Waals surface area contributed by atoms with Gasteiger partial charge in [0.15, 0.2) is 0 Å². The molecule has 8 nitrogen and oxygen atoms in total. The fourth-order valence-corrected chi connectivity index (χ4v) is 3.32. The fourth-order valence-electron chi connectivity index (χ4n) is 2.72. The van der Waals surface area contributed by atoms with Crippen LogP contribution in [0.2, 0.25) is 10.0 Å². The molecule has 0 aliphatic rings. The second kappa shape index (κ2) is 10.0.